The molecule has 1 aromatic heterocycles. The molecular formula is C33H37N3O4. The Morgan fingerprint density at radius 3 is 2.62 bits per heavy atom. The summed E-state index contributed by atoms with van der Waals surface area (Å²) in [5.41, 5.74) is 9.00. The Morgan fingerprint density at radius 2 is 1.93 bits per heavy atom. The molecule has 0 amide bonds. The number of carbonyl (C=O) groups excluding carboxylic acids is 2. The van der Waals surface area contributed by atoms with Crippen LogP contribution >= 0.6 is 0 Å². The molecule has 0 radical (unpaired) electrons. The molecule has 0 bridgehead atoms. The Hall–Kier alpha value is -3.84. The van der Waals surface area contributed by atoms with Crippen LogP contribution in [0.1, 0.15) is 66.0 Å². The largest absolute Gasteiger partial charge is 0.463 e. The number of esters is 2. The first kappa shape index (κ1) is 26.4. The van der Waals surface area contributed by atoms with Gasteiger partial charge in [-0.3, -0.25) is 4.90 Å². The second kappa shape index (κ2) is 10.3. The van der Waals surface area contributed by atoms with Gasteiger partial charge in [-0.25, -0.2) is 9.59 Å². The predicted molar refractivity (Wildman–Crippen MR) is 155 cm³/mol. The van der Waals surface area contributed by atoms with Gasteiger partial charge in [0, 0.05) is 34.9 Å². The minimum absolute atomic E-state index is 0.0284. The van der Waals surface area contributed by atoms with Gasteiger partial charge in [-0.05, 0) is 88.5 Å². The lowest BCUT2D eigenvalue weighted by molar-refractivity contribution is -0.147. The maximum atomic E-state index is 14.1. The van der Waals surface area contributed by atoms with Gasteiger partial charge in [-0.15, -0.1) is 0 Å². The average molecular weight is 540 g/mol. The quantitative estimate of drug-likeness (QED) is 0.409. The molecule has 4 heterocycles. The molecule has 3 aromatic rings. The molecule has 2 aromatic carbocycles. The van der Waals surface area contributed by atoms with Crippen molar-refractivity contribution in [1.82, 2.24) is 15.2 Å². The number of aryl methyl sites for hydroxylation is 3. The summed E-state index contributed by atoms with van der Waals surface area (Å²) >= 11 is 0. The number of nitrogens with one attached hydrogen (secondary N) is 2. The van der Waals surface area contributed by atoms with Crippen molar-refractivity contribution in [2.24, 2.45) is 0 Å². The normalized spacial score (nSPS) is 23.3. The van der Waals surface area contributed by atoms with E-state index in [0.29, 0.717) is 17.6 Å². The number of aromatic amines is 1. The summed E-state index contributed by atoms with van der Waals surface area (Å²) in [6.45, 7) is 9.25. The van der Waals surface area contributed by atoms with Crippen LogP contribution in [-0.4, -0.2) is 48.1 Å². The van der Waals surface area contributed by atoms with E-state index in [-0.39, 0.29) is 12.6 Å². The molecule has 40 heavy (non-hydrogen) atoms. The van der Waals surface area contributed by atoms with Crippen molar-refractivity contribution >= 4 is 22.8 Å². The highest BCUT2D eigenvalue weighted by atomic mass is 16.5. The van der Waals surface area contributed by atoms with E-state index in [1.54, 1.807) is 0 Å². The average Bonchev–Trinajstić information content (AvgIpc) is 3.56. The van der Waals surface area contributed by atoms with Gasteiger partial charge in [-0.2, -0.15) is 0 Å². The number of hydrogen-bond acceptors (Lipinski definition) is 6. The molecular weight excluding hydrogens is 502 g/mol. The molecule has 1 saturated heterocycles. The van der Waals surface area contributed by atoms with Gasteiger partial charge in [0.2, 0.25) is 0 Å². The Labute approximate surface area is 235 Å². The number of dihydropyridines is 1. The van der Waals surface area contributed by atoms with Gasteiger partial charge < -0.3 is 19.8 Å². The number of likely N-dealkylation sites (N-methyl/N-ethyl adjacent to an activating group) is 1. The minimum atomic E-state index is -0.604. The second-order valence-electron chi connectivity index (χ2n) is 11.3. The van der Waals surface area contributed by atoms with Gasteiger partial charge in [0.1, 0.15) is 6.10 Å². The highest BCUT2D eigenvalue weighted by Crippen LogP contribution is 2.48. The van der Waals surface area contributed by atoms with E-state index in [1.807, 2.05) is 37.4 Å². The van der Waals surface area contributed by atoms with Gasteiger partial charge in [0.25, 0.3) is 0 Å². The fraction of sp³-hybridized carbons (Fsp3) is 0.394. The van der Waals surface area contributed by atoms with Crippen LogP contribution in [0.3, 0.4) is 0 Å². The molecule has 3 aliphatic rings. The van der Waals surface area contributed by atoms with E-state index < -0.39 is 24.0 Å². The number of rotatable bonds is 5. The van der Waals surface area contributed by atoms with Crippen LogP contribution in [0, 0.1) is 20.8 Å². The molecule has 1 fully saturated rings. The summed E-state index contributed by atoms with van der Waals surface area (Å²) in [7, 11) is 2.10. The van der Waals surface area contributed by atoms with Crippen molar-refractivity contribution in [3.8, 4) is 0 Å². The second-order valence-corrected chi connectivity index (χ2v) is 11.3. The van der Waals surface area contributed by atoms with Crippen LogP contribution in [-0.2, 0) is 19.1 Å². The number of benzene rings is 2. The van der Waals surface area contributed by atoms with Crippen molar-refractivity contribution in [1.29, 1.82) is 0 Å². The summed E-state index contributed by atoms with van der Waals surface area (Å²) in [5, 5.41) is 4.62. The van der Waals surface area contributed by atoms with E-state index in [2.05, 4.69) is 55.2 Å². The fourth-order valence-corrected chi connectivity index (χ4v) is 7.10. The number of carbonyl (C=O) groups is 2. The molecule has 0 saturated carbocycles. The molecule has 2 unspecified atom stereocenters. The Morgan fingerprint density at radius 1 is 1.15 bits per heavy atom. The smallest absolute Gasteiger partial charge is 0.337 e. The molecule has 3 aliphatic heterocycles. The lowest BCUT2D eigenvalue weighted by Gasteiger charge is -2.40. The third kappa shape index (κ3) is 4.33. The maximum absolute atomic E-state index is 14.1. The van der Waals surface area contributed by atoms with Crippen LogP contribution in [0.2, 0.25) is 0 Å². The molecule has 208 valence electrons. The van der Waals surface area contributed by atoms with Gasteiger partial charge in [0.05, 0.1) is 29.7 Å². The first-order chi connectivity index (χ1) is 19.3. The number of H-pyrrole nitrogens is 1. The summed E-state index contributed by atoms with van der Waals surface area (Å²) in [6, 6.07) is 12.3. The van der Waals surface area contributed by atoms with E-state index in [1.165, 1.54) is 5.56 Å². The number of nitrogens with zero attached hydrogens (tertiary/aromatic N) is 1. The number of aromatic nitrogens is 1. The minimum Gasteiger partial charge on any atom is -0.463 e. The van der Waals surface area contributed by atoms with Crippen molar-refractivity contribution in [3.05, 3.63) is 93.0 Å². The van der Waals surface area contributed by atoms with Crippen LogP contribution in [0.25, 0.3) is 10.9 Å². The summed E-state index contributed by atoms with van der Waals surface area (Å²) in [4.78, 5) is 33.4. The van der Waals surface area contributed by atoms with Crippen molar-refractivity contribution in [3.63, 3.8) is 0 Å². The predicted octanol–water partition coefficient (Wildman–Crippen LogP) is 5.63. The maximum Gasteiger partial charge on any atom is 0.337 e. The summed E-state index contributed by atoms with van der Waals surface area (Å²) < 4.78 is 11.9. The molecule has 0 aliphatic carbocycles. The van der Waals surface area contributed by atoms with Crippen molar-refractivity contribution in [2.75, 3.05) is 20.2 Å². The van der Waals surface area contributed by atoms with Gasteiger partial charge in [0.15, 0.2) is 0 Å². The third-order valence-electron chi connectivity index (χ3n) is 8.69. The molecule has 3 atom stereocenters. The zero-order valence-corrected chi connectivity index (χ0v) is 23.9. The first-order valence-corrected chi connectivity index (χ1v) is 14.2. The Kier molecular flexibility index (Phi) is 6.78. The van der Waals surface area contributed by atoms with Gasteiger partial charge in [-0.1, -0.05) is 29.8 Å². The van der Waals surface area contributed by atoms with Crippen LogP contribution in [0.15, 0.2) is 65.1 Å². The summed E-state index contributed by atoms with van der Waals surface area (Å²) in [6.07, 6.45) is 3.97. The number of fused-ring (bicyclic) bond motifs is 1. The zero-order chi connectivity index (χ0) is 28.1. The van der Waals surface area contributed by atoms with E-state index in [0.717, 1.165) is 63.9 Å². The summed E-state index contributed by atoms with van der Waals surface area (Å²) in [5.74, 6) is -1.39. The van der Waals surface area contributed by atoms with Crippen LogP contribution in [0.4, 0.5) is 0 Å². The van der Waals surface area contributed by atoms with Crippen molar-refractivity contribution in [2.45, 2.75) is 65.0 Å². The lowest BCUT2D eigenvalue weighted by Crippen LogP contribution is -2.43. The van der Waals surface area contributed by atoms with E-state index >= 15 is 0 Å². The third-order valence-corrected chi connectivity index (χ3v) is 8.69. The Bertz CT molecular complexity index is 1560. The molecule has 2 N–H and O–H groups in total. The highest BCUT2D eigenvalue weighted by Gasteiger charge is 2.46. The Balaban J connectivity index is 1.56. The molecule has 6 rings (SSSR count). The number of cyclic esters (lactones) is 1. The number of hydrogen-bond donors (Lipinski definition) is 2. The van der Waals surface area contributed by atoms with Crippen LogP contribution < -0.4 is 5.32 Å². The fourth-order valence-electron chi connectivity index (χ4n) is 7.10. The molecule has 7 heteroatoms. The zero-order valence-electron chi connectivity index (χ0n) is 23.9. The number of ether oxygens (including phenoxy) is 2. The first-order valence-electron chi connectivity index (χ1n) is 14.2. The highest BCUT2D eigenvalue weighted by molar-refractivity contribution is 6.02. The molecule has 7 nitrogen and oxygen atoms in total. The van der Waals surface area contributed by atoms with Crippen molar-refractivity contribution < 1.29 is 19.1 Å². The van der Waals surface area contributed by atoms with Crippen LogP contribution in [0.5, 0.6) is 0 Å². The number of likely N-dealkylation sites (tertiary alicyclic amines) is 1. The molecule has 0 spiro atoms. The topological polar surface area (TPSA) is 83.7 Å². The standard InChI is InChI=1S/C33H37N3O4/c1-6-39-32(37)30-28(22-9-7-10-23-21(22)12-13-34-23)29-24(35-31(30)25-11-8-14-36(25)5)17-26(40-33(29)38)27-19(3)15-18(2)16-20(27)4/h7,9-10,12-13,15-16,25-26,28,34-35H,6,8,11,14,17H2,1-5H3/t25-,26?,28?/m0/s1. The lowest BCUT2D eigenvalue weighted by atomic mass is 9.76. The van der Waals surface area contributed by atoms with E-state index in [9.17, 15) is 9.59 Å². The monoisotopic (exact) mass is 539 g/mol. The van der Waals surface area contributed by atoms with Gasteiger partial charge >= 0.3 is 11.9 Å². The van der Waals surface area contributed by atoms with E-state index in [4.69, 9.17) is 9.47 Å². The SMILES string of the molecule is CCOC(=O)C1=C([C@@H]2CCCN2C)NC2=C(C(=O)OC(c3c(C)cc(C)cc3C)C2)C1c1cccc2[nH]ccc12.